The standard InChI is InChI=1S/C12H17NO2/c1-3-15-11-5-4-9(8-12(11)14-2)10-6-7-13-10/h4-5,8,10,13H,3,6-7H2,1-2H3/t10-/m0/s1. The van der Waals surface area contributed by atoms with Crippen molar-refractivity contribution in [2.45, 2.75) is 19.4 Å². The lowest BCUT2D eigenvalue weighted by Gasteiger charge is -2.28. The van der Waals surface area contributed by atoms with Crippen molar-refractivity contribution in [2.24, 2.45) is 0 Å². The van der Waals surface area contributed by atoms with Crippen LogP contribution in [0.4, 0.5) is 0 Å². The Balaban J connectivity index is 2.21. The van der Waals surface area contributed by atoms with Gasteiger partial charge in [0, 0.05) is 6.04 Å². The van der Waals surface area contributed by atoms with Gasteiger partial charge in [0.05, 0.1) is 13.7 Å². The van der Waals surface area contributed by atoms with Crippen molar-refractivity contribution in [2.75, 3.05) is 20.3 Å². The number of rotatable bonds is 4. The Bertz CT molecular complexity index is 334. The molecule has 1 aliphatic heterocycles. The first-order chi connectivity index (χ1) is 7.35. The maximum atomic E-state index is 5.47. The molecule has 1 aromatic rings. The molecule has 0 bridgehead atoms. The minimum absolute atomic E-state index is 0.495. The van der Waals surface area contributed by atoms with Crippen LogP contribution in [0.3, 0.4) is 0 Å². The predicted octanol–water partition coefficient (Wildman–Crippen LogP) is 2.13. The highest BCUT2D eigenvalue weighted by molar-refractivity contribution is 5.44. The second-order valence-electron chi connectivity index (χ2n) is 3.64. The highest BCUT2D eigenvalue weighted by Gasteiger charge is 2.19. The third-order valence-electron chi connectivity index (χ3n) is 2.71. The summed E-state index contributed by atoms with van der Waals surface area (Å²) < 4.78 is 10.8. The molecule has 1 saturated heterocycles. The molecule has 15 heavy (non-hydrogen) atoms. The Morgan fingerprint density at radius 1 is 1.40 bits per heavy atom. The summed E-state index contributed by atoms with van der Waals surface area (Å²) in [4.78, 5) is 0. The molecule has 1 fully saturated rings. The third kappa shape index (κ3) is 2.07. The molecule has 0 radical (unpaired) electrons. The van der Waals surface area contributed by atoms with E-state index >= 15 is 0 Å². The van der Waals surface area contributed by atoms with Gasteiger partial charge in [-0.15, -0.1) is 0 Å². The number of hydrogen-bond acceptors (Lipinski definition) is 3. The Morgan fingerprint density at radius 2 is 2.20 bits per heavy atom. The SMILES string of the molecule is CCOc1ccc([C@@H]2CCN2)cc1OC. The van der Waals surface area contributed by atoms with Crippen LogP contribution >= 0.6 is 0 Å². The molecule has 1 N–H and O–H groups in total. The van der Waals surface area contributed by atoms with E-state index in [1.54, 1.807) is 7.11 Å². The normalized spacial score (nSPS) is 19.5. The second kappa shape index (κ2) is 4.53. The van der Waals surface area contributed by atoms with Gasteiger partial charge in [0.2, 0.25) is 0 Å². The molecule has 0 unspecified atom stereocenters. The molecule has 3 nitrogen and oxygen atoms in total. The van der Waals surface area contributed by atoms with E-state index in [0.29, 0.717) is 12.6 Å². The lowest BCUT2D eigenvalue weighted by atomic mass is 9.98. The van der Waals surface area contributed by atoms with Gasteiger partial charge in [0.15, 0.2) is 11.5 Å². The van der Waals surface area contributed by atoms with E-state index < -0.39 is 0 Å². The molecule has 3 heteroatoms. The van der Waals surface area contributed by atoms with Crippen LogP contribution in [0.1, 0.15) is 24.9 Å². The van der Waals surface area contributed by atoms with E-state index in [1.807, 2.05) is 13.0 Å². The zero-order chi connectivity index (χ0) is 10.7. The minimum atomic E-state index is 0.495. The van der Waals surface area contributed by atoms with Gasteiger partial charge >= 0.3 is 0 Å². The van der Waals surface area contributed by atoms with Crippen LogP contribution in [0.15, 0.2) is 18.2 Å². The van der Waals surface area contributed by atoms with Crippen LogP contribution in [0, 0.1) is 0 Å². The van der Waals surface area contributed by atoms with Gasteiger partial charge in [-0.3, -0.25) is 0 Å². The van der Waals surface area contributed by atoms with Crippen LogP contribution in [-0.2, 0) is 0 Å². The lowest BCUT2D eigenvalue weighted by molar-refractivity contribution is 0.309. The lowest BCUT2D eigenvalue weighted by Crippen LogP contribution is -2.34. The molecule has 0 amide bonds. The monoisotopic (exact) mass is 207 g/mol. The molecule has 1 heterocycles. The van der Waals surface area contributed by atoms with Gasteiger partial charge in [0.25, 0.3) is 0 Å². The maximum Gasteiger partial charge on any atom is 0.161 e. The Morgan fingerprint density at radius 3 is 2.73 bits per heavy atom. The van der Waals surface area contributed by atoms with E-state index in [1.165, 1.54) is 12.0 Å². The summed E-state index contributed by atoms with van der Waals surface area (Å²) in [6.07, 6.45) is 1.21. The number of ether oxygens (including phenoxy) is 2. The van der Waals surface area contributed by atoms with Crippen molar-refractivity contribution in [1.29, 1.82) is 0 Å². The summed E-state index contributed by atoms with van der Waals surface area (Å²) in [5.74, 6) is 1.64. The van der Waals surface area contributed by atoms with Gasteiger partial charge < -0.3 is 14.8 Å². The fraction of sp³-hybridized carbons (Fsp3) is 0.500. The van der Waals surface area contributed by atoms with Gasteiger partial charge in [0.1, 0.15) is 0 Å². The first-order valence-corrected chi connectivity index (χ1v) is 5.39. The first kappa shape index (κ1) is 10.3. The molecule has 1 atom stereocenters. The van der Waals surface area contributed by atoms with Crippen LogP contribution < -0.4 is 14.8 Å². The maximum absolute atomic E-state index is 5.47. The fourth-order valence-corrected chi connectivity index (χ4v) is 1.75. The molecule has 1 aromatic carbocycles. The second-order valence-corrected chi connectivity index (χ2v) is 3.64. The minimum Gasteiger partial charge on any atom is -0.493 e. The first-order valence-electron chi connectivity index (χ1n) is 5.39. The summed E-state index contributed by atoms with van der Waals surface area (Å²) in [5, 5.41) is 3.37. The molecule has 0 spiro atoms. The summed E-state index contributed by atoms with van der Waals surface area (Å²) in [6.45, 7) is 3.75. The zero-order valence-corrected chi connectivity index (χ0v) is 9.25. The molecule has 2 rings (SSSR count). The van der Waals surface area contributed by atoms with E-state index in [2.05, 4.69) is 17.4 Å². The molecule has 1 aliphatic rings. The molecule has 0 aliphatic carbocycles. The number of nitrogens with one attached hydrogen (secondary N) is 1. The molecule has 82 valence electrons. The fourth-order valence-electron chi connectivity index (χ4n) is 1.75. The van der Waals surface area contributed by atoms with Crippen molar-refractivity contribution in [3.05, 3.63) is 23.8 Å². The number of benzene rings is 1. The van der Waals surface area contributed by atoms with Gasteiger partial charge in [-0.05, 0) is 37.6 Å². The predicted molar refractivity (Wildman–Crippen MR) is 59.5 cm³/mol. The van der Waals surface area contributed by atoms with Crippen molar-refractivity contribution in [1.82, 2.24) is 5.32 Å². The topological polar surface area (TPSA) is 30.5 Å². The molecular formula is C12H17NO2. The average Bonchev–Trinajstić information content (AvgIpc) is 2.18. The van der Waals surface area contributed by atoms with E-state index in [0.717, 1.165) is 18.0 Å². The highest BCUT2D eigenvalue weighted by Crippen LogP contribution is 2.32. The van der Waals surface area contributed by atoms with Gasteiger partial charge in [-0.2, -0.15) is 0 Å². The average molecular weight is 207 g/mol. The summed E-state index contributed by atoms with van der Waals surface area (Å²) in [5.41, 5.74) is 1.28. The quantitative estimate of drug-likeness (QED) is 0.820. The van der Waals surface area contributed by atoms with Crippen molar-refractivity contribution < 1.29 is 9.47 Å². The zero-order valence-electron chi connectivity index (χ0n) is 9.25. The molecular weight excluding hydrogens is 190 g/mol. The Labute approximate surface area is 90.4 Å². The summed E-state index contributed by atoms with van der Waals surface area (Å²) >= 11 is 0. The Hall–Kier alpha value is -1.22. The smallest absolute Gasteiger partial charge is 0.161 e. The van der Waals surface area contributed by atoms with Crippen molar-refractivity contribution in [3.8, 4) is 11.5 Å². The summed E-state index contributed by atoms with van der Waals surface area (Å²) in [7, 11) is 1.68. The van der Waals surface area contributed by atoms with Gasteiger partial charge in [-0.1, -0.05) is 6.07 Å². The molecule has 0 saturated carbocycles. The number of hydrogen-bond donors (Lipinski definition) is 1. The van der Waals surface area contributed by atoms with E-state index in [9.17, 15) is 0 Å². The molecule has 0 aromatic heterocycles. The van der Waals surface area contributed by atoms with Crippen molar-refractivity contribution >= 4 is 0 Å². The van der Waals surface area contributed by atoms with E-state index in [4.69, 9.17) is 9.47 Å². The summed E-state index contributed by atoms with van der Waals surface area (Å²) in [6, 6.07) is 6.64. The van der Waals surface area contributed by atoms with Crippen LogP contribution in [0.25, 0.3) is 0 Å². The van der Waals surface area contributed by atoms with Crippen LogP contribution in [-0.4, -0.2) is 20.3 Å². The highest BCUT2D eigenvalue weighted by atomic mass is 16.5. The van der Waals surface area contributed by atoms with Gasteiger partial charge in [-0.25, -0.2) is 0 Å². The Kier molecular flexibility index (Phi) is 3.11. The number of methoxy groups -OCH3 is 1. The van der Waals surface area contributed by atoms with Crippen LogP contribution in [0.5, 0.6) is 11.5 Å². The van der Waals surface area contributed by atoms with Crippen LogP contribution in [0.2, 0.25) is 0 Å². The third-order valence-corrected chi connectivity index (χ3v) is 2.71. The largest absolute Gasteiger partial charge is 0.493 e. The van der Waals surface area contributed by atoms with Crippen molar-refractivity contribution in [3.63, 3.8) is 0 Å². The van der Waals surface area contributed by atoms with E-state index in [-0.39, 0.29) is 0 Å².